The Balaban J connectivity index is 1.42. The van der Waals surface area contributed by atoms with Crippen molar-refractivity contribution in [1.82, 2.24) is 24.6 Å². The van der Waals surface area contributed by atoms with Crippen molar-refractivity contribution in [3.05, 3.63) is 40.1 Å². The van der Waals surface area contributed by atoms with Gasteiger partial charge < -0.3 is 20.1 Å². The summed E-state index contributed by atoms with van der Waals surface area (Å²) < 4.78 is 14.6. The molecule has 1 aromatic carbocycles. The summed E-state index contributed by atoms with van der Waals surface area (Å²) in [5.74, 6) is 1.08. The number of aromatic nitrogens is 4. The summed E-state index contributed by atoms with van der Waals surface area (Å²) >= 11 is 3.60. The lowest BCUT2D eigenvalue weighted by Crippen LogP contribution is -2.37. The van der Waals surface area contributed by atoms with Gasteiger partial charge in [-0.15, -0.1) is 0 Å². The van der Waals surface area contributed by atoms with E-state index in [1.165, 1.54) is 0 Å². The topological polar surface area (TPSA) is 89.4 Å². The Kier molecular flexibility index (Phi) is 7.29. The number of nitrogens with one attached hydrogen (secondary N) is 2. The van der Waals surface area contributed by atoms with Gasteiger partial charge in [0.25, 0.3) is 0 Å². The molecule has 0 spiro atoms. The Morgan fingerprint density at radius 3 is 2.91 bits per heavy atom. The van der Waals surface area contributed by atoms with E-state index in [0.29, 0.717) is 24.2 Å². The molecule has 2 aromatic heterocycles. The Bertz CT molecular complexity index is 1130. The predicted octanol–water partition coefficient (Wildman–Crippen LogP) is 3.87. The van der Waals surface area contributed by atoms with Gasteiger partial charge in [0.15, 0.2) is 5.65 Å². The van der Waals surface area contributed by atoms with E-state index in [0.717, 1.165) is 79.2 Å². The molecule has 3 aromatic rings. The highest BCUT2D eigenvalue weighted by molar-refractivity contribution is 9.10. The van der Waals surface area contributed by atoms with Crippen molar-refractivity contribution < 1.29 is 9.47 Å². The van der Waals surface area contributed by atoms with Crippen molar-refractivity contribution in [3.63, 3.8) is 0 Å². The quantitative estimate of drug-likeness (QED) is 0.425. The summed E-state index contributed by atoms with van der Waals surface area (Å²) in [6.45, 7) is 11.1. The highest BCUT2D eigenvalue weighted by Crippen LogP contribution is 2.38. The number of benzene rings is 1. The molecule has 1 atom stereocenters. The van der Waals surface area contributed by atoms with Crippen LogP contribution in [-0.4, -0.2) is 70.8 Å². The number of fused-ring (bicyclic) bond motifs is 2. The molecule has 1 fully saturated rings. The molecule has 2 aliphatic heterocycles. The number of rotatable bonds is 8. The van der Waals surface area contributed by atoms with E-state index in [9.17, 15) is 0 Å². The maximum atomic E-state index is 6.20. The second-order valence-corrected chi connectivity index (χ2v) is 10.2. The zero-order chi connectivity index (χ0) is 23.5. The van der Waals surface area contributed by atoms with E-state index in [2.05, 4.69) is 63.6 Å². The Morgan fingerprint density at radius 1 is 1.24 bits per heavy atom. The maximum Gasteiger partial charge on any atom is 0.225 e. The van der Waals surface area contributed by atoms with Crippen molar-refractivity contribution in [2.24, 2.45) is 5.92 Å². The van der Waals surface area contributed by atoms with Crippen molar-refractivity contribution in [2.45, 2.75) is 32.9 Å². The van der Waals surface area contributed by atoms with Crippen LogP contribution < -0.4 is 10.6 Å². The molecule has 182 valence electrons. The van der Waals surface area contributed by atoms with Crippen molar-refractivity contribution in [3.8, 4) is 0 Å². The van der Waals surface area contributed by atoms with E-state index in [4.69, 9.17) is 24.5 Å². The number of anilines is 2. The van der Waals surface area contributed by atoms with Gasteiger partial charge in [-0.25, -0.2) is 4.98 Å². The van der Waals surface area contributed by atoms with Crippen LogP contribution in [0, 0.1) is 5.92 Å². The first-order valence-corrected chi connectivity index (χ1v) is 12.8. The first-order chi connectivity index (χ1) is 16.6. The number of hydrogen-bond acceptors (Lipinski definition) is 8. The van der Waals surface area contributed by atoms with Crippen LogP contribution in [0.5, 0.6) is 0 Å². The Labute approximate surface area is 208 Å². The molecule has 0 amide bonds. The monoisotopic (exact) mass is 529 g/mol. The summed E-state index contributed by atoms with van der Waals surface area (Å²) in [7, 11) is 0. The molecular weight excluding hydrogens is 498 g/mol. The third kappa shape index (κ3) is 5.35. The molecule has 0 aliphatic carbocycles. The van der Waals surface area contributed by atoms with E-state index in [-0.39, 0.29) is 6.10 Å². The molecule has 34 heavy (non-hydrogen) atoms. The minimum Gasteiger partial charge on any atom is -0.379 e. The number of hydrogen-bond donors (Lipinski definition) is 2. The fraction of sp³-hybridized carbons (Fsp3) is 0.542. The fourth-order valence-electron chi connectivity index (χ4n) is 4.48. The van der Waals surface area contributed by atoms with Crippen LogP contribution in [0.4, 0.5) is 11.6 Å². The summed E-state index contributed by atoms with van der Waals surface area (Å²) in [5, 5.41) is 12.4. The van der Waals surface area contributed by atoms with E-state index >= 15 is 0 Å². The predicted molar refractivity (Wildman–Crippen MR) is 136 cm³/mol. The minimum absolute atomic E-state index is 0.301. The highest BCUT2D eigenvalue weighted by Gasteiger charge is 2.28. The van der Waals surface area contributed by atoms with Crippen molar-refractivity contribution in [1.29, 1.82) is 0 Å². The van der Waals surface area contributed by atoms with Gasteiger partial charge in [0.2, 0.25) is 5.95 Å². The minimum atomic E-state index is -0.301. The third-order valence-corrected chi connectivity index (χ3v) is 6.60. The van der Waals surface area contributed by atoms with E-state index < -0.39 is 0 Å². The lowest BCUT2D eigenvalue weighted by Gasteiger charge is -2.27. The number of halogens is 1. The molecular formula is C24H32BrN7O2. The molecule has 0 bridgehead atoms. The van der Waals surface area contributed by atoms with Gasteiger partial charge in [0, 0.05) is 48.1 Å². The molecule has 1 saturated heterocycles. The molecule has 4 heterocycles. The second kappa shape index (κ2) is 10.6. The van der Waals surface area contributed by atoms with Gasteiger partial charge in [-0.2, -0.15) is 10.1 Å². The van der Waals surface area contributed by atoms with Crippen LogP contribution >= 0.6 is 15.9 Å². The lowest BCUT2D eigenvalue weighted by molar-refractivity contribution is 0.0378. The molecule has 2 aliphatic rings. The zero-order valence-electron chi connectivity index (χ0n) is 19.8. The maximum absolute atomic E-state index is 6.20. The number of nitrogens with zero attached hydrogens (tertiary/aromatic N) is 5. The molecule has 5 rings (SSSR count). The molecule has 9 nitrogen and oxygen atoms in total. The van der Waals surface area contributed by atoms with E-state index in [1.54, 1.807) is 0 Å². The summed E-state index contributed by atoms with van der Waals surface area (Å²) in [4.78, 5) is 12.1. The van der Waals surface area contributed by atoms with Crippen LogP contribution in [0.3, 0.4) is 0 Å². The molecule has 2 N–H and O–H groups in total. The van der Waals surface area contributed by atoms with Gasteiger partial charge in [0.05, 0.1) is 24.3 Å². The Morgan fingerprint density at radius 2 is 2.09 bits per heavy atom. The zero-order valence-corrected chi connectivity index (χ0v) is 21.3. The first-order valence-electron chi connectivity index (χ1n) is 12.0. The Hall–Kier alpha value is -2.27. The van der Waals surface area contributed by atoms with Gasteiger partial charge in [-0.1, -0.05) is 29.8 Å². The average molecular weight is 530 g/mol. The van der Waals surface area contributed by atoms with Crippen LogP contribution in [0.1, 0.15) is 37.6 Å². The second-order valence-electron chi connectivity index (χ2n) is 9.25. The van der Waals surface area contributed by atoms with Gasteiger partial charge in [-0.05, 0) is 37.1 Å². The van der Waals surface area contributed by atoms with Crippen molar-refractivity contribution >= 4 is 38.6 Å². The smallest absolute Gasteiger partial charge is 0.225 e. The first kappa shape index (κ1) is 23.5. The largest absolute Gasteiger partial charge is 0.379 e. The lowest BCUT2D eigenvalue weighted by atomic mass is 10.0. The number of ether oxygens (including phenoxy) is 2. The van der Waals surface area contributed by atoms with Crippen LogP contribution in [0.2, 0.25) is 0 Å². The SMILES string of the molecule is CC(C)Cn1cc2c(C3OCNc4ccc(Br)cc43)nc(NCCCN3CCOCC3)nc2n1. The molecule has 0 radical (unpaired) electrons. The van der Waals surface area contributed by atoms with E-state index in [1.807, 2.05) is 10.7 Å². The fourth-order valence-corrected chi connectivity index (χ4v) is 4.86. The summed E-state index contributed by atoms with van der Waals surface area (Å²) in [6.07, 6.45) is 2.76. The van der Waals surface area contributed by atoms with Gasteiger partial charge in [-0.3, -0.25) is 9.58 Å². The van der Waals surface area contributed by atoms with Gasteiger partial charge in [0.1, 0.15) is 12.8 Å². The molecule has 0 saturated carbocycles. The van der Waals surface area contributed by atoms with Crippen LogP contribution in [-0.2, 0) is 16.0 Å². The van der Waals surface area contributed by atoms with Crippen molar-refractivity contribution in [2.75, 3.05) is 56.8 Å². The third-order valence-electron chi connectivity index (χ3n) is 6.10. The average Bonchev–Trinajstić information content (AvgIpc) is 3.23. The van der Waals surface area contributed by atoms with Crippen LogP contribution in [0.15, 0.2) is 28.9 Å². The number of morpholine rings is 1. The normalized spacial score (nSPS) is 18.8. The highest BCUT2D eigenvalue weighted by atomic mass is 79.9. The molecule has 10 heteroatoms. The van der Waals surface area contributed by atoms with Crippen LogP contribution in [0.25, 0.3) is 11.0 Å². The molecule has 1 unspecified atom stereocenters. The summed E-state index contributed by atoms with van der Waals surface area (Å²) in [6, 6.07) is 6.19. The summed E-state index contributed by atoms with van der Waals surface area (Å²) in [5.41, 5.74) is 3.65. The van der Waals surface area contributed by atoms with Gasteiger partial charge >= 0.3 is 0 Å². The standard InChI is InChI=1S/C24H32BrN7O2/c1-16(2)13-32-14-19-21(22-18-12-17(25)4-5-20(18)27-15-34-22)28-24(29-23(19)30-32)26-6-3-7-31-8-10-33-11-9-31/h4-5,12,14,16,22,27H,3,6-11,13,15H2,1-2H3,(H,26,29,30).